The summed E-state index contributed by atoms with van der Waals surface area (Å²) in [7, 11) is 3.74. The van der Waals surface area contributed by atoms with Gasteiger partial charge in [-0.25, -0.2) is 0 Å². The average Bonchev–Trinajstić information content (AvgIpc) is 2.91. The van der Waals surface area contributed by atoms with Gasteiger partial charge in [-0.15, -0.1) is 0 Å². The van der Waals surface area contributed by atoms with Gasteiger partial charge in [-0.2, -0.15) is 0 Å². The van der Waals surface area contributed by atoms with Crippen LogP contribution in [-0.2, 0) is 6.54 Å². The van der Waals surface area contributed by atoms with E-state index in [1.807, 2.05) is 12.1 Å². The number of nitrogens with zero attached hydrogens (tertiary/aromatic N) is 2. The summed E-state index contributed by atoms with van der Waals surface area (Å²) >= 11 is 0. The number of carbonyl (C=O) groups is 2. The molecule has 26 heavy (non-hydrogen) atoms. The summed E-state index contributed by atoms with van der Waals surface area (Å²) in [5.74, 6) is 0.520. The van der Waals surface area contributed by atoms with E-state index in [0.717, 1.165) is 31.7 Å². The van der Waals surface area contributed by atoms with E-state index in [9.17, 15) is 9.59 Å². The lowest BCUT2D eigenvalue weighted by Crippen LogP contribution is -2.31. The molecule has 0 saturated carbocycles. The first-order valence-electron chi connectivity index (χ1n) is 8.87. The van der Waals surface area contributed by atoms with Crippen LogP contribution in [0.4, 0.5) is 0 Å². The topological polar surface area (TPSA) is 49.9 Å². The molecule has 0 aliphatic carbocycles. The van der Waals surface area contributed by atoms with Crippen molar-refractivity contribution in [2.75, 3.05) is 27.2 Å². The van der Waals surface area contributed by atoms with E-state index in [4.69, 9.17) is 4.74 Å². The summed E-state index contributed by atoms with van der Waals surface area (Å²) in [6.07, 6.45) is 1.73. The minimum Gasteiger partial charge on any atom is -0.497 e. The first-order valence-corrected chi connectivity index (χ1v) is 8.87. The summed E-state index contributed by atoms with van der Waals surface area (Å²) in [6.45, 7) is 2.24. The minimum absolute atomic E-state index is 0.169. The Bertz CT molecular complexity index is 751. The van der Waals surface area contributed by atoms with E-state index in [1.54, 1.807) is 31.4 Å². The molecule has 1 aliphatic rings. The summed E-state index contributed by atoms with van der Waals surface area (Å²) in [5, 5.41) is 0. The summed E-state index contributed by atoms with van der Waals surface area (Å²) in [5.41, 5.74) is 2.27. The van der Waals surface area contributed by atoms with E-state index in [0.29, 0.717) is 17.7 Å². The number of ether oxygens (including phenoxy) is 1. The van der Waals surface area contributed by atoms with E-state index in [1.165, 1.54) is 10.5 Å². The van der Waals surface area contributed by atoms with Gasteiger partial charge in [0.25, 0.3) is 11.8 Å². The number of fused-ring (bicyclic) bond motifs is 1. The Hall–Kier alpha value is -2.66. The van der Waals surface area contributed by atoms with Crippen molar-refractivity contribution in [1.29, 1.82) is 0 Å². The maximum Gasteiger partial charge on any atom is 0.261 e. The van der Waals surface area contributed by atoms with Gasteiger partial charge in [0.2, 0.25) is 0 Å². The Kier molecular flexibility index (Phi) is 5.68. The third-order valence-electron chi connectivity index (χ3n) is 4.66. The highest BCUT2D eigenvalue weighted by Gasteiger charge is 2.34. The zero-order valence-electron chi connectivity index (χ0n) is 15.3. The SMILES string of the molecule is COc1ccc(CN(C)CCCCN2C(=O)c3ccccc3C2=O)cc1. The van der Waals surface area contributed by atoms with Crippen LogP contribution in [0.25, 0.3) is 0 Å². The number of methoxy groups -OCH3 is 1. The predicted molar refractivity (Wildman–Crippen MR) is 100 cm³/mol. The van der Waals surface area contributed by atoms with Crippen molar-refractivity contribution in [3.8, 4) is 5.75 Å². The molecule has 5 nitrogen and oxygen atoms in total. The third-order valence-corrected chi connectivity index (χ3v) is 4.66. The van der Waals surface area contributed by atoms with Crippen LogP contribution in [0.2, 0.25) is 0 Å². The van der Waals surface area contributed by atoms with Gasteiger partial charge < -0.3 is 9.64 Å². The number of imide groups is 1. The van der Waals surface area contributed by atoms with Crippen LogP contribution in [0, 0.1) is 0 Å². The molecule has 2 aromatic carbocycles. The maximum absolute atomic E-state index is 12.3. The Morgan fingerprint density at radius 2 is 1.54 bits per heavy atom. The highest BCUT2D eigenvalue weighted by atomic mass is 16.5. The van der Waals surface area contributed by atoms with Crippen molar-refractivity contribution in [2.24, 2.45) is 0 Å². The highest BCUT2D eigenvalue weighted by molar-refractivity contribution is 6.21. The van der Waals surface area contributed by atoms with Crippen LogP contribution < -0.4 is 4.74 Å². The zero-order chi connectivity index (χ0) is 18.5. The second-order valence-electron chi connectivity index (χ2n) is 6.60. The summed E-state index contributed by atoms with van der Waals surface area (Å²) < 4.78 is 5.17. The van der Waals surface area contributed by atoms with Crippen LogP contribution in [0.1, 0.15) is 39.1 Å². The van der Waals surface area contributed by atoms with E-state index < -0.39 is 0 Å². The standard InChI is InChI=1S/C21H24N2O3/c1-22(15-16-9-11-17(26-2)12-10-16)13-5-6-14-23-20(24)18-7-3-4-8-19(18)21(23)25/h3-4,7-12H,5-6,13-15H2,1-2H3. The molecule has 2 amide bonds. The van der Waals surface area contributed by atoms with Crippen LogP contribution >= 0.6 is 0 Å². The number of hydrogen-bond donors (Lipinski definition) is 0. The van der Waals surface area contributed by atoms with Crippen molar-refractivity contribution in [3.05, 3.63) is 65.2 Å². The van der Waals surface area contributed by atoms with E-state index >= 15 is 0 Å². The van der Waals surface area contributed by atoms with Gasteiger partial charge in [0.1, 0.15) is 5.75 Å². The summed E-state index contributed by atoms with van der Waals surface area (Å²) in [4.78, 5) is 28.2. The minimum atomic E-state index is -0.169. The molecule has 0 saturated heterocycles. The Labute approximate surface area is 154 Å². The molecule has 0 fully saturated rings. The molecule has 0 unspecified atom stereocenters. The maximum atomic E-state index is 12.3. The molecule has 136 valence electrons. The van der Waals surface area contributed by atoms with Crippen molar-refractivity contribution < 1.29 is 14.3 Å². The summed E-state index contributed by atoms with van der Waals surface area (Å²) in [6, 6.07) is 15.1. The molecule has 0 radical (unpaired) electrons. The van der Waals surface area contributed by atoms with Crippen LogP contribution in [0.3, 0.4) is 0 Å². The van der Waals surface area contributed by atoms with Crippen molar-refractivity contribution in [2.45, 2.75) is 19.4 Å². The molecular weight excluding hydrogens is 328 g/mol. The quantitative estimate of drug-likeness (QED) is 0.541. The Balaban J connectivity index is 1.43. The molecule has 1 aliphatic heterocycles. The van der Waals surface area contributed by atoms with E-state index in [-0.39, 0.29) is 11.8 Å². The largest absolute Gasteiger partial charge is 0.497 e. The number of unbranched alkanes of at least 4 members (excludes halogenated alkanes) is 1. The Morgan fingerprint density at radius 3 is 2.12 bits per heavy atom. The number of benzene rings is 2. The van der Waals surface area contributed by atoms with Gasteiger partial charge in [0.15, 0.2) is 0 Å². The van der Waals surface area contributed by atoms with Crippen molar-refractivity contribution in [1.82, 2.24) is 9.80 Å². The van der Waals surface area contributed by atoms with Gasteiger partial charge in [-0.3, -0.25) is 14.5 Å². The van der Waals surface area contributed by atoms with Gasteiger partial charge in [-0.05, 0) is 56.3 Å². The first kappa shape index (κ1) is 18.1. The van der Waals surface area contributed by atoms with Gasteiger partial charge in [0, 0.05) is 13.1 Å². The lowest BCUT2D eigenvalue weighted by molar-refractivity contribution is 0.0650. The lowest BCUT2D eigenvalue weighted by atomic mass is 10.1. The smallest absolute Gasteiger partial charge is 0.261 e. The molecule has 0 atom stereocenters. The number of carbonyl (C=O) groups excluding carboxylic acids is 2. The molecule has 1 heterocycles. The highest BCUT2D eigenvalue weighted by Crippen LogP contribution is 2.22. The fourth-order valence-corrected chi connectivity index (χ4v) is 3.22. The second-order valence-corrected chi connectivity index (χ2v) is 6.60. The fraction of sp³-hybridized carbons (Fsp3) is 0.333. The normalized spacial score (nSPS) is 13.4. The molecular formula is C21H24N2O3. The lowest BCUT2D eigenvalue weighted by Gasteiger charge is -2.18. The molecule has 0 N–H and O–H groups in total. The van der Waals surface area contributed by atoms with Crippen molar-refractivity contribution in [3.63, 3.8) is 0 Å². The molecule has 5 heteroatoms. The van der Waals surface area contributed by atoms with Crippen LogP contribution in [0.15, 0.2) is 48.5 Å². The zero-order valence-corrected chi connectivity index (χ0v) is 15.3. The monoisotopic (exact) mass is 352 g/mol. The second kappa shape index (κ2) is 8.15. The number of amides is 2. The molecule has 0 spiro atoms. The van der Waals surface area contributed by atoms with Crippen LogP contribution in [0.5, 0.6) is 5.75 Å². The first-order chi connectivity index (χ1) is 12.6. The van der Waals surface area contributed by atoms with Gasteiger partial charge in [0.05, 0.1) is 18.2 Å². The van der Waals surface area contributed by atoms with E-state index in [2.05, 4.69) is 24.1 Å². The molecule has 0 bridgehead atoms. The average molecular weight is 352 g/mol. The molecule has 2 aromatic rings. The van der Waals surface area contributed by atoms with Gasteiger partial charge >= 0.3 is 0 Å². The number of hydrogen-bond acceptors (Lipinski definition) is 4. The Morgan fingerprint density at radius 1 is 0.923 bits per heavy atom. The van der Waals surface area contributed by atoms with Crippen molar-refractivity contribution >= 4 is 11.8 Å². The third kappa shape index (κ3) is 3.94. The number of rotatable bonds is 8. The molecule has 0 aromatic heterocycles. The van der Waals surface area contributed by atoms with Gasteiger partial charge in [-0.1, -0.05) is 24.3 Å². The van der Waals surface area contributed by atoms with Crippen LogP contribution in [-0.4, -0.2) is 48.9 Å². The predicted octanol–water partition coefficient (Wildman–Crippen LogP) is 3.20. The fourth-order valence-electron chi connectivity index (χ4n) is 3.22. The molecule has 3 rings (SSSR count).